The van der Waals surface area contributed by atoms with Gasteiger partial charge in [-0.25, -0.2) is 4.99 Å². The van der Waals surface area contributed by atoms with Gasteiger partial charge in [0, 0.05) is 11.8 Å². The van der Waals surface area contributed by atoms with Crippen LogP contribution < -0.4 is 0 Å². The molecule has 98 valence electrons. The normalized spacial score (nSPS) is 11.0. The lowest BCUT2D eigenvalue weighted by Gasteiger charge is -1.92. The van der Waals surface area contributed by atoms with Crippen LogP contribution in [-0.2, 0) is 0 Å². The van der Waals surface area contributed by atoms with Crippen LogP contribution in [0.5, 0.6) is 5.75 Å². The van der Waals surface area contributed by atoms with E-state index in [0.29, 0.717) is 5.13 Å². The van der Waals surface area contributed by atoms with Gasteiger partial charge in [-0.15, -0.1) is 10.2 Å². The number of nitrogens with zero attached hydrogens (tertiary/aromatic N) is 3. The lowest BCUT2D eigenvalue weighted by atomic mass is 10.2. The predicted octanol–water partition coefficient (Wildman–Crippen LogP) is 3.66. The highest BCUT2D eigenvalue weighted by Gasteiger charge is 2.04. The smallest absolute Gasteiger partial charge is 0.231 e. The second kappa shape index (κ2) is 5.63. The first-order valence-corrected chi connectivity index (χ1v) is 6.85. The molecule has 1 N–H and O–H groups in total. The average Bonchev–Trinajstić information content (AvgIpc) is 2.97. The molecular weight excluding hydrogens is 270 g/mol. The van der Waals surface area contributed by atoms with Gasteiger partial charge in [-0.05, 0) is 29.8 Å². The van der Waals surface area contributed by atoms with E-state index < -0.39 is 0 Å². The summed E-state index contributed by atoms with van der Waals surface area (Å²) in [5.74, 6) is 0.240. The Morgan fingerprint density at radius 2 is 1.70 bits per heavy atom. The van der Waals surface area contributed by atoms with Crippen molar-refractivity contribution in [3.63, 3.8) is 0 Å². The van der Waals surface area contributed by atoms with Crippen LogP contribution in [0.1, 0.15) is 5.56 Å². The molecule has 1 aromatic heterocycles. The fraction of sp³-hybridized carbons (Fsp3) is 0. The van der Waals surface area contributed by atoms with Gasteiger partial charge in [-0.2, -0.15) is 0 Å². The molecule has 20 heavy (non-hydrogen) atoms. The summed E-state index contributed by atoms with van der Waals surface area (Å²) in [5.41, 5.74) is 1.94. The van der Waals surface area contributed by atoms with Crippen LogP contribution in [0.15, 0.2) is 59.6 Å². The number of aromatic hydroxyl groups is 1. The third kappa shape index (κ3) is 2.89. The third-order valence-corrected chi connectivity index (χ3v) is 3.53. The zero-order chi connectivity index (χ0) is 13.8. The SMILES string of the molecule is Oc1ccc(/C=N/c2nnc(-c3ccccc3)s2)cc1. The Labute approximate surface area is 120 Å². The molecule has 1 heterocycles. The third-order valence-electron chi connectivity index (χ3n) is 2.65. The van der Waals surface area contributed by atoms with Crippen molar-refractivity contribution in [2.45, 2.75) is 0 Å². The molecule has 0 aliphatic rings. The number of aliphatic imine (C=N–C) groups is 1. The topological polar surface area (TPSA) is 58.4 Å². The number of phenolic OH excluding ortho intramolecular Hbond substituents is 1. The number of rotatable bonds is 3. The van der Waals surface area contributed by atoms with E-state index in [9.17, 15) is 5.11 Å². The Morgan fingerprint density at radius 3 is 2.45 bits per heavy atom. The predicted molar refractivity (Wildman–Crippen MR) is 80.7 cm³/mol. The molecule has 0 aliphatic carbocycles. The first kappa shape index (κ1) is 12.5. The van der Waals surface area contributed by atoms with Crippen LogP contribution in [0, 0.1) is 0 Å². The summed E-state index contributed by atoms with van der Waals surface area (Å²) in [6.07, 6.45) is 1.70. The molecule has 0 radical (unpaired) electrons. The van der Waals surface area contributed by atoms with E-state index in [1.54, 1.807) is 30.5 Å². The fourth-order valence-electron chi connectivity index (χ4n) is 1.66. The average molecular weight is 281 g/mol. The highest BCUT2D eigenvalue weighted by atomic mass is 32.1. The number of benzene rings is 2. The second-order valence-corrected chi connectivity index (χ2v) is 5.06. The van der Waals surface area contributed by atoms with E-state index >= 15 is 0 Å². The Hall–Kier alpha value is -2.53. The lowest BCUT2D eigenvalue weighted by Crippen LogP contribution is -1.78. The summed E-state index contributed by atoms with van der Waals surface area (Å²) in [7, 11) is 0. The maximum Gasteiger partial charge on any atom is 0.231 e. The van der Waals surface area contributed by atoms with Crippen molar-refractivity contribution in [2.75, 3.05) is 0 Å². The summed E-state index contributed by atoms with van der Waals surface area (Å²) >= 11 is 1.44. The molecule has 2 aromatic carbocycles. The van der Waals surface area contributed by atoms with E-state index in [2.05, 4.69) is 15.2 Å². The summed E-state index contributed by atoms with van der Waals surface area (Å²) in [4.78, 5) is 4.29. The minimum atomic E-state index is 0.240. The van der Waals surface area contributed by atoms with E-state index in [1.165, 1.54) is 11.3 Å². The lowest BCUT2D eigenvalue weighted by molar-refractivity contribution is 0.475. The van der Waals surface area contributed by atoms with Gasteiger partial charge in [0.05, 0.1) is 0 Å². The largest absolute Gasteiger partial charge is 0.508 e. The van der Waals surface area contributed by atoms with Crippen LogP contribution in [0.2, 0.25) is 0 Å². The minimum Gasteiger partial charge on any atom is -0.508 e. The van der Waals surface area contributed by atoms with Crippen LogP contribution >= 0.6 is 11.3 Å². The Bertz CT molecular complexity index is 720. The van der Waals surface area contributed by atoms with Crippen molar-refractivity contribution in [3.05, 3.63) is 60.2 Å². The van der Waals surface area contributed by atoms with Gasteiger partial charge in [0.1, 0.15) is 10.8 Å². The fourth-order valence-corrected chi connectivity index (χ4v) is 2.35. The van der Waals surface area contributed by atoms with Crippen molar-refractivity contribution in [3.8, 4) is 16.3 Å². The van der Waals surface area contributed by atoms with E-state index in [4.69, 9.17) is 0 Å². The van der Waals surface area contributed by atoms with Gasteiger partial charge >= 0.3 is 0 Å². The second-order valence-electron chi connectivity index (χ2n) is 4.11. The molecule has 0 spiro atoms. The molecule has 3 aromatic rings. The van der Waals surface area contributed by atoms with Crippen LogP contribution in [0.4, 0.5) is 5.13 Å². The van der Waals surface area contributed by atoms with E-state index in [1.807, 2.05) is 30.3 Å². The van der Waals surface area contributed by atoms with Gasteiger partial charge in [0.2, 0.25) is 5.13 Å². The first-order valence-electron chi connectivity index (χ1n) is 6.03. The Balaban J connectivity index is 1.79. The van der Waals surface area contributed by atoms with Crippen LogP contribution in [-0.4, -0.2) is 21.5 Å². The number of hydrogen-bond donors (Lipinski definition) is 1. The van der Waals surface area contributed by atoms with Crippen molar-refractivity contribution in [2.24, 2.45) is 4.99 Å². The number of phenols is 1. The Kier molecular flexibility index (Phi) is 3.52. The molecule has 5 heteroatoms. The maximum atomic E-state index is 9.21. The Morgan fingerprint density at radius 1 is 0.950 bits per heavy atom. The molecule has 0 bridgehead atoms. The molecular formula is C15H11N3OS. The zero-order valence-corrected chi connectivity index (χ0v) is 11.3. The summed E-state index contributed by atoms with van der Waals surface area (Å²) in [6.45, 7) is 0. The molecule has 0 atom stereocenters. The van der Waals surface area contributed by atoms with Crippen molar-refractivity contribution >= 4 is 22.7 Å². The number of hydrogen-bond acceptors (Lipinski definition) is 5. The van der Waals surface area contributed by atoms with Gasteiger partial charge in [0.15, 0.2) is 0 Å². The molecule has 4 nitrogen and oxygen atoms in total. The molecule has 0 saturated carbocycles. The first-order chi connectivity index (χ1) is 9.81. The monoisotopic (exact) mass is 281 g/mol. The molecule has 3 rings (SSSR count). The van der Waals surface area contributed by atoms with Crippen molar-refractivity contribution in [1.29, 1.82) is 0 Å². The van der Waals surface area contributed by atoms with E-state index in [0.717, 1.165) is 16.1 Å². The molecule has 0 unspecified atom stereocenters. The summed E-state index contributed by atoms with van der Waals surface area (Å²) in [5, 5.41) is 18.8. The number of aromatic nitrogens is 2. The van der Waals surface area contributed by atoms with Crippen LogP contribution in [0.25, 0.3) is 10.6 Å². The van der Waals surface area contributed by atoms with Gasteiger partial charge in [-0.3, -0.25) is 0 Å². The highest BCUT2D eigenvalue weighted by Crippen LogP contribution is 2.27. The summed E-state index contributed by atoms with van der Waals surface area (Å²) < 4.78 is 0. The van der Waals surface area contributed by atoms with Crippen molar-refractivity contribution < 1.29 is 5.11 Å². The molecule has 0 saturated heterocycles. The van der Waals surface area contributed by atoms with E-state index in [-0.39, 0.29) is 5.75 Å². The van der Waals surface area contributed by atoms with Gasteiger partial charge in [-0.1, -0.05) is 41.7 Å². The highest BCUT2D eigenvalue weighted by molar-refractivity contribution is 7.18. The molecule has 0 aliphatic heterocycles. The standard InChI is InChI=1S/C15H11N3OS/c19-13-8-6-11(7-9-13)10-16-15-18-17-14(20-15)12-4-2-1-3-5-12/h1-10,19H/b16-10+. The van der Waals surface area contributed by atoms with Crippen LogP contribution in [0.3, 0.4) is 0 Å². The molecule has 0 fully saturated rings. The molecule has 0 amide bonds. The summed E-state index contributed by atoms with van der Waals surface area (Å²) in [6, 6.07) is 16.7. The zero-order valence-electron chi connectivity index (χ0n) is 10.5. The maximum absolute atomic E-state index is 9.21. The minimum absolute atomic E-state index is 0.240. The van der Waals surface area contributed by atoms with Gasteiger partial charge < -0.3 is 5.11 Å². The quantitative estimate of drug-likeness (QED) is 0.745. The van der Waals surface area contributed by atoms with Gasteiger partial charge in [0.25, 0.3) is 0 Å². The van der Waals surface area contributed by atoms with Crippen molar-refractivity contribution in [1.82, 2.24) is 10.2 Å².